The first-order valence-electron chi connectivity index (χ1n) is 11.5. The second-order valence-corrected chi connectivity index (χ2v) is 8.87. The number of β-amino-alcohol motifs (C(OH)–C–C–N with tert-alkyl or cyclic N) is 1. The number of aliphatic hydroxyl groups is 1. The summed E-state index contributed by atoms with van der Waals surface area (Å²) in [4.78, 5) is 14.8. The number of hydrogen-bond donors (Lipinski definition) is 2. The predicted octanol–water partition coefficient (Wildman–Crippen LogP) is 2.55. The lowest BCUT2D eigenvalue weighted by molar-refractivity contribution is -0.156. The molecule has 8 nitrogen and oxygen atoms in total. The molecule has 3 heterocycles. The lowest BCUT2D eigenvalue weighted by Gasteiger charge is -2.44. The monoisotopic (exact) mass is 454 g/mol. The molecule has 0 spiro atoms. The number of ether oxygens (including phenoxy) is 4. The van der Waals surface area contributed by atoms with Crippen LogP contribution < -0.4 is 14.8 Å². The Labute approximate surface area is 193 Å². The van der Waals surface area contributed by atoms with Crippen LogP contribution in [0.2, 0.25) is 0 Å². The zero-order valence-electron chi connectivity index (χ0n) is 18.5. The molecular formula is C25H30N2O6. The average molecular weight is 455 g/mol. The third-order valence-corrected chi connectivity index (χ3v) is 6.38. The Morgan fingerprint density at radius 1 is 1.06 bits per heavy atom. The lowest BCUT2D eigenvalue weighted by Crippen LogP contribution is -2.55. The second-order valence-electron chi connectivity index (χ2n) is 8.87. The third-order valence-electron chi connectivity index (χ3n) is 6.38. The number of anilines is 1. The molecule has 2 fully saturated rings. The number of aliphatic hydroxyl groups excluding tert-OH is 1. The molecule has 4 atom stereocenters. The Balaban J connectivity index is 1.23. The summed E-state index contributed by atoms with van der Waals surface area (Å²) in [7, 11) is 0. The van der Waals surface area contributed by atoms with E-state index in [0.717, 1.165) is 35.6 Å². The highest BCUT2D eigenvalue weighted by Gasteiger charge is 2.38. The molecule has 2 aromatic rings. The van der Waals surface area contributed by atoms with E-state index in [9.17, 15) is 9.90 Å². The number of amides is 1. The van der Waals surface area contributed by atoms with Crippen molar-refractivity contribution in [2.75, 3.05) is 31.9 Å². The Morgan fingerprint density at radius 2 is 1.91 bits per heavy atom. The fourth-order valence-corrected chi connectivity index (χ4v) is 4.84. The Bertz CT molecular complexity index is 955. The number of benzene rings is 2. The van der Waals surface area contributed by atoms with Gasteiger partial charge in [0.05, 0.1) is 37.9 Å². The molecule has 1 amide bonds. The van der Waals surface area contributed by atoms with Crippen LogP contribution in [0.1, 0.15) is 24.8 Å². The molecule has 0 aromatic heterocycles. The molecule has 2 saturated heterocycles. The first-order chi connectivity index (χ1) is 16.1. The summed E-state index contributed by atoms with van der Waals surface area (Å²) in [5.41, 5.74) is 1.88. The molecule has 3 aliphatic rings. The second kappa shape index (κ2) is 10.1. The molecule has 176 valence electrons. The third kappa shape index (κ3) is 5.47. The fourth-order valence-electron chi connectivity index (χ4n) is 4.84. The zero-order valence-corrected chi connectivity index (χ0v) is 18.5. The van der Waals surface area contributed by atoms with E-state index >= 15 is 0 Å². The van der Waals surface area contributed by atoms with Gasteiger partial charge in [-0.1, -0.05) is 24.3 Å². The quantitative estimate of drug-likeness (QED) is 0.718. The largest absolute Gasteiger partial charge is 0.454 e. The summed E-state index contributed by atoms with van der Waals surface area (Å²) < 4.78 is 23.0. The van der Waals surface area contributed by atoms with Crippen LogP contribution in [-0.2, 0) is 20.8 Å². The molecule has 5 rings (SSSR count). The standard InChI is InChI=1S/C25H30N2O6/c28-19-13-27(12-17-6-9-22-23(10-17)32-16-31-22)21-8-7-20(33-24(21)15-30-14-19)11-25(29)26-18-4-2-1-3-5-18/h1-6,9-10,19-21,24,28H,7-8,11-16H2,(H,26,29)/t19-,20-,21+,24-/m0/s1. The molecule has 0 bridgehead atoms. The van der Waals surface area contributed by atoms with Crippen LogP contribution in [-0.4, -0.2) is 66.8 Å². The number of rotatable bonds is 5. The van der Waals surface area contributed by atoms with Crippen molar-refractivity contribution in [1.82, 2.24) is 4.90 Å². The van der Waals surface area contributed by atoms with Crippen molar-refractivity contribution in [3.8, 4) is 11.5 Å². The van der Waals surface area contributed by atoms with Crippen LogP contribution in [0.25, 0.3) is 0 Å². The van der Waals surface area contributed by atoms with Gasteiger partial charge in [-0.15, -0.1) is 0 Å². The average Bonchev–Trinajstić information content (AvgIpc) is 3.26. The topological polar surface area (TPSA) is 89.5 Å². The van der Waals surface area contributed by atoms with Crippen LogP contribution in [0, 0.1) is 0 Å². The zero-order chi connectivity index (χ0) is 22.6. The SMILES string of the molecule is O=C(C[C@@H]1CC[C@@H]2[C@H](COC[C@@H](O)CN2Cc2ccc3c(c2)OCO3)O1)Nc1ccccc1. The van der Waals surface area contributed by atoms with Crippen molar-refractivity contribution in [1.29, 1.82) is 0 Å². The molecule has 33 heavy (non-hydrogen) atoms. The van der Waals surface area contributed by atoms with Crippen molar-refractivity contribution < 1.29 is 28.8 Å². The number of hydrogen-bond acceptors (Lipinski definition) is 7. The number of nitrogens with one attached hydrogen (secondary N) is 1. The van der Waals surface area contributed by atoms with Crippen LogP contribution in [0.4, 0.5) is 5.69 Å². The van der Waals surface area contributed by atoms with Gasteiger partial charge < -0.3 is 29.4 Å². The van der Waals surface area contributed by atoms with Gasteiger partial charge in [-0.2, -0.15) is 0 Å². The van der Waals surface area contributed by atoms with Gasteiger partial charge in [0.15, 0.2) is 11.5 Å². The maximum atomic E-state index is 12.5. The molecule has 0 radical (unpaired) electrons. The smallest absolute Gasteiger partial charge is 0.231 e. The molecule has 0 unspecified atom stereocenters. The highest BCUT2D eigenvalue weighted by atomic mass is 16.7. The summed E-state index contributed by atoms with van der Waals surface area (Å²) in [5.74, 6) is 1.46. The van der Waals surface area contributed by atoms with Gasteiger partial charge in [0, 0.05) is 24.8 Å². The van der Waals surface area contributed by atoms with Crippen molar-refractivity contribution in [2.24, 2.45) is 0 Å². The Hall–Kier alpha value is -2.65. The molecule has 2 N–H and O–H groups in total. The highest BCUT2D eigenvalue weighted by molar-refractivity contribution is 5.90. The summed E-state index contributed by atoms with van der Waals surface area (Å²) in [5, 5.41) is 13.3. The molecule has 3 aliphatic heterocycles. The van der Waals surface area contributed by atoms with E-state index < -0.39 is 6.10 Å². The van der Waals surface area contributed by atoms with Gasteiger partial charge in [-0.05, 0) is 42.7 Å². The Kier molecular flexibility index (Phi) is 6.78. The number of fused-ring (bicyclic) bond motifs is 2. The minimum absolute atomic E-state index is 0.0518. The number of nitrogens with zero attached hydrogens (tertiary/aromatic N) is 1. The fraction of sp³-hybridized carbons (Fsp3) is 0.480. The number of carbonyl (C=O) groups excluding carboxylic acids is 1. The van der Waals surface area contributed by atoms with Gasteiger partial charge in [0.25, 0.3) is 0 Å². The number of para-hydroxylation sites is 1. The van der Waals surface area contributed by atoms with E-state index in [1.54, 1.807) is 0 Å². The number of carbonyl (C=O) groups is 1. The van der Waals surface area contributed by atoms with Crippen LogP contribution in [0.15, 0.2) is 48.5 Å². The maximum absolute atomic E-state index is 12.5. The Morgan fingerprint density at radius 3 is 2.79 bits per heavy atom. The first-order valence-corrected chi connectivity index (χ1v) is 11.5. The maximum Gasteiger partial charge on any atom is 0.231 e. The van der Waals surface area contributed by atoms with Crippen LogP contribution >= 0.6 is 0 Å². The van der Waals surface area contributed by atoms with Crippen molar-refractivity contribution in [3.05, 3.63) is 54.1 Å². The molecule has 0 saturated carbocycles. The molecule has 8 heteroatoms. The van der Waals surface area contributed by atoms with Gasteiger partial charge in [0.2, 0.25) is 12.7 Å². The van der Waals surface area contributed by atoms with Crippen LogP contribution in [0.3, 0.4) is 0 Å². The minimum atomic E-state index is -0.561. The van der Waals surface area contributed by atoms with Crippen molar-refractivity contribution in [2.45, 2.75) is 50.2 Å². The summed E-state index contributed by atoms with van der Waals surface area (Å²) in [6.45, 7) is 2.07. The van der Waals surface area contributed by atoms with Crippen molar-refractivity contribution >= 4 is 11.6 Å². The van der Waals surface area contributed by atoms with Crippen LogP contribution in [0.5, 0.6) is 11.5 Å². The van der Waals surface area contributed by atoms with E-state index in [2.05, 4.69) is 10.2 Å². The molecular weight excluding hydrogens is 424 g/mol. The van der Waals surface area contributed by atoms with Gasteiger partial charge in [0.1, 0.15) is 0 Å². The lowest BCUT2D eigenvalue weighted by atomic mass is 9.94. The van der Waals surface area contributed by atoms with E-state index in [-0.39, 0.29) is 37.6 Å². The molecule has 0 aliphatic carbocycles. The van der Waals surface area contributed by atoms with Gasteiger partial charge in [-0.25, -0.2) is 0 Å². The van der Waals surface area contributed by atoms with Gasteiger partial charge >= 0.3 is 0 Å². The summed E-state index contributed by atoms with van der Waals surface area (Å²) in [6, 6.07) is 15.5. The highest BCUT2D eigenvalue weighted by Crippen LogP contribution is 2.34. The van der Waals surface area contributed by atoms with E-state index in [4.69, 9.17) is 18.9 Å². The summed E-state index contributed by atoms with van der Waals surface area (Å²) >= 11 is 0. The predicted molar refractivity (Wildman–Crippen MR) is 121 cm³/mol. The summed E-state index contributed by atoms with van der Waals surface area (Å²) in [6.07, 6.45) is 1.08. The minimum Gasteiger partial charge on any atom is -0.454 e. The van der Waals surface area contributed by atoms with Crippen molar-refractivity contribution in [3.63, 3.8) is 0 Å². The normalized spacial score (nSPS) is 27.3. The van der Waals surface area contributed by atoms with Gasteiger partial charge in [-0.3, -0.25) is 9.69 Å². The molecule has 2 aromatic carbocycles. The first kappa shape index (κ1) is 22.2. The van der Waals surface area contributed by atoms with E-state index in [1.165, 1.54) is 0 Å². The van der Waals surface area contributed by atoms with E-state index in [1.807, 2.05) is 48.5 Å². The van der Waals surface area contributed by atoms with E-state index in [0.29, 0.717) is 26.1 Å².